The molecule has 0 aromatic rings. The van der Waals surface area contributed by atoms with Crippen molar-refractivity contribution in [2.75, 3.05) is 19.6 Å². The van der Waals surface area contributed by atoms with Crippen molar-refractivity contribution in [2.45, 2.75) is 41.0 Å². The lowest BCUT2D eigenvalue weighted by molar-refractivity contribution is 0.277. The first-order valence-electron chi connectivity index (χ1n) is 5.24. The SMILES string of the molecule is CCC(C)(CN)CNCC(C)(C)C. The van der Waals surface area contributed by atoms with E-state index in [-0.39, 0.29) is 5.41 Å². The number of rotatable bonds is 5. The molecule has 0 aromatic carbocycles. The molecule has 2 nitrogen and oxygen atoms in total. The van der Waals surface area contributed by atoms with Crippen LogP contribution in [0.4, 0.5) is 0 Å². The topological polar surface area (TPSA) is 38.0 Å². The van der Waals surface area contributed by atoms with Crippen molar-refractivity contribution in [1.82, 2.24) is 5.32 Å². The summed E-state index contributed by atoms with van der Waals surface area (Å²) in [6.45, 7) is 14.0. The van der Waals surface area contributed by atoms with Crippen LogP contribution in [0.5, 0.6) is 0 Å². The fourth-order valence-corrected chi connectivity index (χ4v) is 1.08. The Labute approximate surface area is 83.3 Å². The van der Waals surface area contributed by atoms with Crippen LogP contribution in [0.1, 0.15) is 41.0 Å². The number of nitrogens with one attached hydrogen (secondary N) is 1. The molecule has 3 N–H and O–H groups in total. The summed E-state index contributed by atoms with van der Waals surface area (Å²) in [5, 5.41) is 3.49. The van der Waals surface area contributed by atoms with E-state index < -0.39 is 0 Å². The molecule has 80 valence electrons. The van der Waals surface area contributed by atoms with E-state index in [2.05, 4.69) is 39.9 Å². The molecule has 0 aliphatic rings. The maximum atomic E-state index is 5.73. The standard InChI is InChI=1S/C11H26N2/c1-6-11(5,7-12)9-13-8-10(2,3)4/h13H,6-9,12H2,1-5H3. The van der Waals surface area contributed by atoms with Gasteiger partial charge in [0.25, 0.3) is 0 Å². The predicted molar refractivity (Wildman–Crippen MR) is 59.8 cm³/mol. The average Bonchev–Trinajstić information content (AvgIpc) is 2.02. The molecule has 0 heterocycles. The molecule has 2 heteroatoms. The fourth-order valence-electron chi connectivity index (χ4n) is 1.08. The molecule has 1 unspecified atom stereocenters. The zero-order chi connectivity index (χ0) is 10.5. The second-order valence-electron chi connectivity index (χ2n) is 5.53. The molecular weight excluding hydrogens is 160 g/mol. The summed E-state index contributed by atoms with van der Waals surface area (Å²) < 4.78 is 0. The van der Waals surface area contributed by atoms with E-state index in [1.165, 1.54) is 0 Å². The van der Waals surface area contributed by atoms with Crippen molar-refractivity contribution < 1.29 is 0 Å². The van der Waals surface area contributed by atoms with Crippen LogP contribution < -0.4 is 11.1 Å². The second-order valence-corrected chi connectivity index (χ2v) is 5.53. The summed E-state index contributed by atoms with van der Waals surface area (Å²) in [7, 11) is 0. The van der Waals surface area contributed by atoms with Crippen molar-refractivity contribution in [2.24, 2.45) is 16.6 Å². The van der Waals surface area contributed by atoms with E-state index >= 15 is 0 Å². The van der Waals surface area contributed by atoms with E-state index in [1.807, 2.05) is 0 Å². The Bertz CT molecular complexity index is 132. The highest BCUT2D eigenvalue weighted by molar-refractivity contribution is 4.77. The molecule has 0 aromatic heterocycles. The summed E-state index contributed by atoms with van der Waals surface area (Å²) in [5.41, 5.74) is 6.36. The first kappa shape index (κ1) is 12.9. The van der Waals surface area contributed by atoms with E-state index in [9.17, 15) is 0 Å². The Kier molecular flexibility index (Phi) is 4.93. The Balaban J connectivity index is 3.74. The molecule has 0 radical (unpaired) electrons. The molecular formula is C11H26N2. The van der Waals surface area contributed by atoms with Crippen LogP contribution in [0.3, 0.4) is 0 Å². The third-order valence-electron chi connectivity index (χ3n) is 2.55. The van der Waals surface area contributed by atoms with Gasteiger partial charge in [0.05, 0.1) is 0 Å². The Hall–Kier alpha value is -0.0800. The zero-order valence-corrected chi connectivity index (χ0v) is 9.91. The largest absolute Gasteiger partial charge is 0.330 e. The first-order chi connectivity index (χ1) is 5.83. The summed E-state index contributed by atoms with van der Waals surface area (Å²) in [6.07, 6.45) is 1.14. The maximum absolute atomic E-state index is 5.73. The van der Waals surface area contributed by atoms with Gasteiger partial charge in [0.1, 0.15) is 0 Å². The van der Waals surface area contributed by atoms with Gasteiger partial charge in [-0.25, -0.2) is 0 Å². The fraction of sp³-hybridized carbons (Fsp3) is 1.00. The molecule has 0 bridgehead atoms. The van der Waals surface area contributed by atoms with E-state index in [0.717, 1.165) is 26.1 Å². The molecule has 0 aliphatic heterocycles. The van der Waals surface area contributed by atoms with Crippen LogP contribution >= 0.6 is 0 Å². The highest BCUT2D eigenvalue weighted by Gasteiger charge is 2.20. The third kappa shape index (κ3) is 6.05. The third-order valence-corrected chi connectivity index (χ3v) is 2.55. The smallest absolute Gasteiger partial charge is 0.00174 e. The van der Waals surface area contributed by atoms with Crippen molar-refractivity contribution in [3.8, 4) is 0 Å². The number of hydrogen-bond donors (Lipinski definition) is 2. The zero-order valence-electron chi connectivity index (χ0n) is 9.91. The lowest BCUT2D eigenvalue weighted by atomic mass is 9.87. The lowest BCUT2D eigenvalue weighted by Gasteiger charge is -2.29. The van der Waals surface area contributed by atoms with Gasteiger partial charge < -0.3 is 11.1 Å². The van der Waals surface area contributed by atoms with Crippen LogP contribution in [0.2, 0.25) is 0 Å². The van der Waals surface area contributed by atoms with Crippen molar-refractivity contribution in [1.29, 1.82) is 0 Å². The van der Waals surface area contributed by atoms with E-state index in [0.29, 0.717) is 5.41 Å². The molecule has 0 aliphatic carbocycles. The van der Waals surface area contributed by atoms with Gasteiger partial charge in [-0.1, -0.05) is 34.6 Å². The Morgan fingerprint density at radius 1 is 1.08 bits per heavy atom. The van der Waals surface area contributed by atoms with Gasteiger partial charge >= 0.3 is 0 Å². The van der Waals surface area contributed by atoms with E-state index in [1.54, 1.807) is 0 Å². The Morgan fingerprint density at radius 2 is 1.62 bits per heavy atom. The number of hydrogen-bond acceptors (Lipinski definition) is 2. The molecule has 0 rings (SSSR count). The van der Waals surface area contributed by atoms with Crippen molar-refractivity contribution in [3.63, 3.8) is 0 Å². The monoisotopic (exact) mass is 186 g/mol. The molecule has 0 spiro atoms. The molecule has 13 heavy (non-hydrogen) atoms. The number of nitrogens with two attached hydrogens (primary N) is 1. The predicted octanol–water partition coefficient (Wildman–Crippen LogP) is 2.00. The molecule has 0 saturated carbocycles. The maximum Gasteiger partial charge on any atom is 0.00174 e. The minimum atomic E-state index is 0.269. The van der Waals surface area contributed by atoms with Gasteiger partial charge in [0, 0.05) is 13.1 Å². The highest BCUT2D eigenvalue weighted by atomic mass is 14.9. The summed E-state index contributed by atoms with van der Waals surface area (Å²) in [6, 6.07) is 0. The van der Waals surface area contributed by atoms with Crippen LogP contribution in [0.15, 0.2) is 0 Å². The van der Waals surface area contributed by atoms with Gasteiger partial charge in [0.15, 0.2) is 0 Å². The summed E-state index contributed by atoms with van der Waals surface area (Å²) in [5.74, 6) is 0. The van der Waals surface area contributed by atoms with Gasteiger partial charge in [-0.2, -0.15) is 0 Å². The molecule has 0 saturated heterocycles. The van der Waals surface area contributed by atoms with Crippen LogP contribution in [-0.2, 0) is 0 Å². The normalized spacial score (nSPS) is 17.1. The van der Waals surface area contributed by atoms with Crippen LogP contribution in [0, 0.1) is 10.8 Å². The van der Waals surface area contributed by atoms with Crippen molar-refractivity contribution in [3.05, 3.63) is 0 Å². The van der Waals surface area contributed by atoms with Gasteiger partial charge in [-0.3, -0.25) is 0 Å². The minimum absolute atomic E-state index is 0.269. The lowest BCUT2D eigenvalue weighted by Crippen LogP contribution is -2.40. The van der Waals surface area contributed by atoms with Crippen LogP contribution in [-0.4, -0.2) is 19.6 Å². The minimum Gasteiger partial charge on any atom is -0.330 e. The van der Waals surface area contributed by atoms with Gasteiger partial charge in [0.2, 0.25) is 0 Å². The second kappa shape index (κ2) is 4.97. The molecule has 1 atom stereocenters. The van der Waals surface area contributed by atoms with Gasteiger partial charge in [-0.05, 0) is 23.8 Å². The quantitative estimate of drug-likeness (QED) is 0.689. The van der Waals surface area contributed by atoms with Crippen LogP contribution in [0.25, 0.3) is 0 Å². The van der Waals surface area contributed by atoms with Gasteiger partial charge in [-0.15, -0.1) is 0 Å². The summed E-state index contributed by atoms with van der Waals surface area (Å²) in [4.78, 5) is 0. The van der Waals surface area contributed by atoms with E-state index in [4.69, 9.17) is 5.73 Å². The Morgan fingerprint density at radius 3 is 1.92 bits per heavy atom. The molecule has 0 fully saturated rings. The highest BCUT2D eigenvalue weighted by Crippen LogP contribution is 2.18. The summed E-state index contributed by atoms with van der Waals surface area (Å²) >= 11 is 0. The van der Waals surface area contributed by atoms with Crippen molar-refractivity contribution >= 4 is 0 Å². The average molecular weight is 186 g/mol. The molecule has 0 amide bonds. The first-order valence-corrected chi connectivity index (χ1v) is 5.24.